The number of nitrogens with one attached hydrogen (secondary N) is 1. The topological polar surface area (TPSA) is 50.2 Å². The Morgan fingerprint density at radius 1 is 0.919 bits per heavy atom. The zero-order valence-corrected chi connectivity index (χ0v) is 21.3. The molecule has 1 aliphatic rings. The van der Waals surface area contributed by atoms with E-state index in [1.54, 1.807) is 29.2 Å². The van der Waals surface area contributed by atoms with E-state index >= 15 is 0 Å². The molecule has 190 valence electrons. The molecule has 9 heteroatoms. The normalized spacial score (nSPS) is 17.1. The molecule has 0 saturated heterocycles. The van der Waals surface area contributed by atoms with Crippen molar-refractivity contribution in [1.82, 2.24) is 14.7 Å². The molecule has 0 aliphatic carbocycles. The number of halogens is 4. The van der Waals surface area contributed by atoms with Crippen molar-refractivity contribution in [3.63, 3.8) is 0 Å². The number of alkyl halides is 3. The lowest BCUT2D eigenvalue weighted by Crippen LogP contribution is -2.36. The van der Waals surface area contributed by atoms with E-state index in [2.05, 4.69) is 26.3 Å². The minimum atomic E-state index is -4.54. The van der Waals surface area contributed by atoms with Crippen LogP contribution in [0.25, 0.3) is 0 Å². The predicted octanol–water partition coefficient (Wildman–Crippen LogP) is 7.15. The number of aromatic nitrogens is 2. The summed E-state index contributed by atoms with van der Waals surface area (Å²) in [7, 11) is 0. The van der Waals surface area contributed by atoms with Gasteiger partial charge in [-0.05, 0) is 32.6 Å². The molecule has 0 unspecified atom stereocenters. The number of benzene rings is 3. The second-order valence-electron chi connectivity index (χ2n) is 8.99. The zero-order valence-electron chi connectivity index (χ0n) is 19.7. The van der Waals surface area contributed by atoms with Crippen LogP contribution in [0.4, 0.5) is 19.0 Å². The molecular formula is C28H24BrF3N4O. The van der Waals surface area contributed by atoms with Gasteiger partial charge in [-0.3, -0.25) is 4.79 Å². The lowest BCUT2D eigenvalue weighted by atomic mass is 9.97. The maximum atomic E-state index is 14.2. The molecular weight excluding hydrogens is 545 g/mol. The Balaban J connectivity index is 1.52. The Labute approximate surface area is 221 Å². The Morgan fingerprint density at radius 2 is 1.43 bits per heavy atom. The van der Waals surface area contributed by atoms with Crippen LogP contribution in [0.5, 0.6) is 0 Å². The van der Waals surface area contributed by atoms with Gasteiger partial charge < -0.3 is 10.2 Å². The van der Waals surface area contributed by atoms with Gasteiger partial charge in [0.15, 0.2) is 11.7 Å². The molecule has 2 heterocycles. The van der Waals surface area contributed by atoms with Gasteiger partial charge in [-0.1, -0.05) is 91.0 Å². The quantitative estimate of drug-likeness (QED) is 0.269. The van der Waals surface area contributed by atoms with Gasteiger partial charge in [-0.15, -0.1) is 0 Å². The van der Waals surface area contributed by atoms with Crippen LogP contribution in [-0.4, -0.2) is 26.8 Å². The number of rotatable bonds is 6. The highest BCUT2D eigenvalue weighted by molar-refractivity contribution is 9.10. The van der Waals surface area contributed by atoms with E-state index in [1.807, 2.05) is 66.7 Å². The number of fused-ring (bicyclic) bond motifs is 1. The van der Waals surface area contributed by atoms with E-state index < -0.39 is 24.2 Å². The molecule has 0 saturated carbocycles. The van der Waals surface area contributed by atoms with Crippen molar-refractivity contribution < 1.29 is 18.0 Å². The third-order valence-electron chi connectivity index (χ3n) is 6.42. The maximum absolute atomic E-state index is 14.2. The van der Waals surface area contributed by atoms with E-state index in [-0.39, 0.29) is 35.5 Å². The van der Waals surface area contributed by atoms with Crippen molar-refractivity contribution in [2.24, 2.45) is 0 Å². The smallest absolute Gasteiger partial charge is 0.362 e. The van der Waals surface area contributed by atoms with Crippen molar-refractivity contribution >= 4 is 27.7 Å². The van der Waals surface area contributed by atoms with Gasteiger partial charge in [0.1, 0.15) is 5.82 Å². The first-order valence-electron chi connectivity index (χ1n) is 11.8. The average molecular weight is 569 g/mol. The van der Waals surface area contributed by atoms with E-state index in [4.69, 9.17) is 0 Å². The third-order valence-corrected chi connectivity index (χ3v) is 7.17. The van der Waals surface area contributed by atoms with Crippen molar-refractivity contribution in [1.29, 1.82) is 0 Å². The van der Waals surface area contributed by atoms with Crippen LogP contribution >= 0.6 is 15.9 Å². The second-order valence-corrected chi connectivity index (χ2v) is 9.78. The van der Waals surface area contributed by atoms with Crippen LogP contribution in [-0.2, 0) is 13.1 Å². The highest BCUT2D eigenvalue weighted by Gasteiger charge is 2.48. The lowest BCUT2D eigenvalue weighted by Gasteiger charge is -2.33. The second kappa shape index (κ2) is 10.4. The predicted molar refractivity (Wildman–Crippen MR) is 139 cm³/mol. The minimum Gasteiger partial charge on any atom is -0.362 e. The number of hydrogen-bond acceptors (Lipinski definition) is 3. The molecule has 0 radical (unpaired) electrons. The fourth-order valence-corrected chi connectivity index (χ4v) is 5.13. The van der Waals surface area contributed by atoms with Crippen molar-refractivity contribution in [2.45, 2.75) is 37.8 Å². The van der Waals surface area contributed by atoms with Gasteiger partial charge in [-0.2, -0.15) is 18.3 Å². The molecule has 0 fully saturated rings. The molecule has 3 aromatic carbocycles. The maximum Gasteiger partial charge on any atom is 0.410 e. The molecule has 1 amide bonds. The highest BCUT2D eigenvalue weighted by Crippen LogP contribution is 2.46. The summed E-state index contributed by atoms with van der Waals surface area (Å²) >= 11 is 3.41. The summed E-state index contributed by atoms with van der Waals surface area (Å²) in [6, 6.07) is 25.5. The van der Waals surface area contributed by atoms with Gasteiger partial charge in [0.05, 0.1) is 10.5 Å². The molecule has 0 bridgehead atoms. The third kappa shape index (κ3) is 5.41. The van der Waals surface area contributed by atoms with Crippen LogP contribution in [0.2, 0.25) is 0 Å². The Morgan fingerprint density at radius 3 is 1.95 bits per heavy atom. The number of hydrogen-bond donors (Lipinski definition) is 1. The van der Waals surface area contributed by atoms with Crippen LogP contribution in [0.3, 0.4) is 0 Å². The summed E-state index contributed by atoms with van der Waals surface area (Å²) < 4.78 is 43.7. The van der Waals surface area contributed by atoms with Gasteiger partial charge in [0, 0.05) is 19.5 Å². The van der Waals surface area contributed by atoms with E-state index in [1.165, 1.54) is 0 Å². The van der Waals surface area contributed by atoms with Crippen LogP contribution < -0.4 is 5.32 Å². The summed E-state index contributed by atoms with van der Waals surface area (Å²) in [4.78, 5) is 15.4. The molecule has 4 aromatic rings. The van der Waals surface area contributed by atoms with Gasteiger partial charge in [0.2, 0.25) is 0 Å². The average Bonchev–Trinajstić information content (AvgIpc) is 3.24. The molecule has 1 aromatic heterocycles. The first kappa shape index (κ1) is 25.1. The minimum absolute atomic E-state index is 0.0580. The van der Waals surface area contributed by atoms with Crippen molar-refractivity contribution in [2.75, 3.05) is 5.32 Å². The number of carbonyl (C=O) groups is 1. The van der Waals surface area contributed by atoms with Crippen LogP contribution in [0.1, 0.15) is 45.7 Å². The Kier molecular flexibility index (Phi) is 7.06. The molecule has 0 spiro atoms. The Hall–Kier alpha value is -3.59. The standard InChI is InChI=1S/C28H24BrF3N4O/c29-24-25(27(37)35(17-19-10-4-1-5-11-19)18-20-12-6-2-7-13-20)34-36-23(28(30,31)32)16-22(33-26(24)36)21-14-8-3-9-15-21/h1-15,22-23,33H,16-18H2/t22-,23-/m1/s1. The summed E-state index contributed by atoms with van der Waals surface area (Å²) in [5.74, 6) is -0.314. The molecule has 37 heavy (non-hydrogen) atoms. The highest BCUT2D eigenvalue weighted by atomic mass is 79.9. The number of carbonyl (C=O) groups excluding carboxylic acids is 1. The van der Waals surface area contributed by atoms with E-state index in [9.17, 15) is 18.0 Å². The van der Waals surface area contributed by atoms with Gasteiger partial charge >= 0.3 is 6.18 Å². The molecule has 5 nitrogen and oxygen atoms in total. The monoisotopic (exact) mass is 568 g/mol. The Bertz CT molecular complexity index is 1320. The molecule has 1 N–H and O–H groups in total. The zero-order chi connectivity index (χ0) is 26.0. The first-order chi connectivity index (χ1) is 17.8. The van der Waals surface area contributed by atoms with E-state index in [0.717, 1.165) is 21.4 Å². The van der Waals surface area contributed by atoms with Crippen molar-refractivity contribution in [3.05, 3.63) is 118 Å². The van der Waals surface area contributed by atoms with Gasteiger partial charge in [0.25, 0.3) is 5.91 Å². The van der Waals surface area contributed by atoms with Crippen molar-refractivity contribution in [3.8, 4) is 0 Å². The molecule has 1 aliphatic heterocycles. The number of nitrogens with zero attached hydrogens (tertiary/aromatic N) is 3. The summed E-state index contributed by atoms with van der Waals surface area (Å²) in [5.41, 5.74) is 2.49. The van der Waals surface area contributed by atoms with Crippen LogP contribution in [0, 0.1) is 0 Å². The largest absolute Gasteiger partial charge is 0.410 e. The molecule has 5 rings (SSSR count). The fourth-order valence-electron chi connectivity index (χ4n) is 4.59. The summed E-state index contributed by atoms with van der Waals surface area (Å²) in [6.07, 6.45) is -4.77. The van der Waals surface area contributed by atoms with Gasteiger partial charge in [-0.25, -0.2) is 4.68 Å². The van der Waals surface area contributed by atoms with E-state index in [0.29, 0.717) is 0 Å². The summed E-state index contributed by atoms with van der Waals surface area (Å²) in [5, 5.41) is 7.41. The lowest BCUT2D eigenvalue weighted by molar-refractivity contribution is -0.173. The fraction of sp³-hybridized carbons (Fsp3) is 0.214. The number of amides is 1. The van der Waals surface area contributed by atoms with Crippen LogP contribution in [0.15, 0.2) is 95.5 Å². The molecule has 2 atom stereocenters. The summed E-state index contributed by atoms with van der Waals surface area (Å²) in [6.45, 7) is 0.567. The SMILES string of the molecule is O=C(c1nn2c(c1Br)N[C@@H](c1ccccc1)C[C@@H]2C(F)(F)F)N(Cc1ccccc1)Cc1ccccc1. The number of anilines is 1. The first-order valence-corrected chi connectivity index (χ1v) is 12.6.